The second-order valence-corrected chi connectivity index (χ2v) is 5.56. The zero-order chi connectivity index (χ0) is 18.8. The average molecular weight is 359 g/mol. The van der Waals surface area contributed by atoms with Crippen molar-refractivity contribution in [1.29, 1.82) is 0 Å². The highest BCUT2D eigenvalue weighted by molar-refractivity contribution is 5.90. The number of nitrogens with zero attached hydrogens (tertiary/aromatic N) is 3. The van der Waals surface area contributed by atoms with Crippen LogP contribution in [0.5, 0.6) is 5.75 Å². The van der Waals surface area contributed by atoms with Gasteiger partial charge in [0.2, 0.25) is 0 Å². The number of hydrogen-bond donors (Lipinski definition) is 1. The summed E-state index contributed by atoms with van der Waals surface area (Å²) < 4.78 is 31.5. The van der Waals surface area contributed by atoms with E-state index in [1.165, 1.54) is 16.9 Å². The molecule has 26 heavy (non-hydrogen) atoms. The van der Waals surface area contributed by atoms with Gasteiger partial charge in [-0.05, 0) is 38.1 Å². The summed E-state index contributed by atoms with van der Waals surface area (Å²) in [6.07, 6.45) is 3.10. The molecule has 0 spiro atoms. The Morgan fingerprint density at radius 3 is 2.62 bits per heavy atom. The molecule has 0 saturated carbocycles. The van der Waals surface area contributed by atoms with E-state index >= 15 is 0 Å². The van der Waals surface area contributed by atoms with E-state index in [1.807, 2.05) is 0 Å². The molecule has 1 aromatic carbocycles. The molecule has 3 rings (SSSR count). The molecule has 0 bridgehead atoms. The number of hydrogen-bond acceptors (Lipinski definition) is 4. The summed E-state index contributed by atoms with van der Waals surface area (Å²) in [5, 5.41) is 13.6. The monoisotopic (exact) mass is 359 g/mol. The normalized spacial score (nSPS) is 11.0. The molecule has 0 fully saturated rings. The van der Waals surface area contributed by atoms with E-state index < -0.39 is 12.6 Å². The summed E-state index contributed by atoms with van der Waals surface area (Å²) in [5.41, 5.74) is 2.44. The lowest BCUT2D eigenvalue weighted by molar-refractivity contribution is -0.0494. The number of halogens is 2. The van der Waals surface area contributed by atoms with E-state index in [1.54, 1.807) is 44.3 Å². The fourth-order valence-electron chi connectivity index (χ4n) is 2.80. The topological polar surface area (TPSA) is 77.2 Å². The third-order valence-electron chi connectivity index (χ3n) is 3.90. The number of carboxylic acids is 1. The van der Waals surface area contributed by atoms with E-state index in [-0.39, 0.29) is 11.3 Å². The third-order valence-corrected chi connectivity index (χ3v) is 3.90. The van der Waals surface area contributed by atoms with Crippen LogP contribution in [0, 0.1) is 13.8 Å². The van der Waals surface area contributed by atoms with Crippen molar-refractivity contribution in [2.24, 2.45) is 0 Å². The molecule has 134 valence electrons. The molecular weight excluding hydrogens is 344 g/mol. The van der Waals surface area contributed by atoms with Crippen LogP contribution < -0.4 is 4.74 Å². The molecule has 0 atom stereocenters. The van der Waals surface area contributed by atoms with Crippen LogP contribution in [0.25, 0.3) is 16.8 Å². The van der Waals surface area contributed by atoms with Crippen LogP contribution in [0.2, 0.25) is 0 Å². The van der Waals surface area contributed by atoms with Gasteiger partial charge in [-0.2, -0.15) is 13.9 Å². The molecule has 0 aliphatic heterocycles. The lowest BCUT2D eigenvalue weighted by atomic mass is 10.1. The van der Waals surface area contributed by atoms with Crippen LogP contribution in [-0.2, 0) is 0 Å². The van der Waals surface area contributed by atoms with Gasteiger partial charge in [-0.1, -0.05) is 6.07 Å². The summed E-state index contributed by atoms with van der Waals surface area (Å²) in [4.78, 5) is 15.4. The Labute approximate surface area is 147 Å². The van der Waals surface area contributed by atoms with Crippen molar-refractivity contribution in [3.8, 4) is 22.6 Å². The average Bonchev–Trinajstić information content (AvgIpc) is 2.90. The third kappa shape index (κ3) is 3.26. The van der Waals surface area contributed by atoms with Gasteiger partial charge >= 0.3 is 12.6 Å². The molecule has 0 amide bonds. The van der Waals surface area contributed by atoms with Gasteiger partial charge in [-0.3, -0.25) is 4.98 Å². The first-order valence-electron chi connectivity index (χ1n) is 7.67. The van der Waals surface area contributed by atoms with E-state index in [0.717, 1.165) is 0 Å². The number of aryl methyl sites for hydroxylation is 1. The Bertz CT molecular complexity index is 956. The number of carboxylic acid groups (broad SMARTS) is 1. The highest BCUT2D eigenvalue weighted by Crippen LogP contribution is 2.33. The molecule has 0 radical (unpaired) electrons. The van der Waals surface area contributed by atoms with Crippen molar-refractivity contribution < 1.29 is 23.4 Å². The molecule has 8 heteroatoms. The fraction of sp³-hybridized carbons (Fsp3) is 0.167. The summed E-state index contributed by atoms with van der Waals surface area (Å²) in [6.45, 7) is 0.267. The van der Waals surface area contributed by atoms with Crippen molar-refractivity contribution >= 4 is 5.97 Å². The minimum absolute atomic E-state index is 0.00302. The van der Waals surface area contributed by atoms with Crippen molar-refractivity contribution in [2.75, 3.05) is 0 Å². The molecular formula is C18H15F2N3O3. The van der Waals surface area contributed by atoms with Crippen LogP contribution in [0.3, 0.4) is 0 Å². The van der Waals surface area contributed by atoms with Crippen LogP contribution in [0.15, 0.2) is 42.7 Å². The van der Waals surface area contributed by atoms with Crippen molar-refractivity contribution in [1.82, 2.24) is 14.8 Å². The summed E-state index contributed by atoms with van der Waals surface area (Å²) in [6, 6.07) is 7.96. The smallest absolute Gasteiger partial charge is 0.387 e. The Hall–Kier alpha value is -3.29. The van der Waals surface area contributed by atoms with Gasteiger partial charge in [-0.15, -0.1) is 0 Å². The Morgan fingerprint density at radius 1 is 1.27 bits per heavy atom. The molecule has 0 unspecified atom stereocenters. The molecule has 0 aliphatic carbocycles. The second kappa shape index (κ2) is 6.91. The van der Waals surface area contributed by atoms with Crippen molar-refractivity contribution in [3.05, 3.63) is 59.7 Å². The van der Waals surface area contributed by atoms with Gasteiger partial charge in [-0.25, -0.2) is 9.48 Å². The molecule has 0 aliphatic rings. The highest BCUT2D eigenvalue weighted by Gasteiger charge is 2.20. The van der Waals surface area contributed by atoms with Crippen LogP contribution in [-0.4, -0.2) is 32.5 Å². The zero-order valence-electron chi connectivity index (χ0n) is 14.0. The number of pyridine rings is 1. The highest BCUT2D eigenvalue weighted by atomic mass is 19.3. The number of rotatable bonds is 5. The minimum atomic E-state index is -2.97. The van der Waals surface area contributed by atoms with Gasteiger partial charge in [0.05, 0.1) is 17.1 Å². The summed E-state index contributed by atoms with van der Waals surface area (Å²) in [7, 11) is 0. The Morgan fingerprint density at radius 2 is 2.04 bits per heavy atom. The van der Waals surface area contributed by atoms with Crippen molar-refractivity contribution in [2.45, 2.75) is 20.5 Å². The first-order valence-corrected chi connectivity index (χ1v) is 7.67. The Kier molecular flexibility index (Phi) is 4.66. The fourth-order valence-corrected chi connectivity index (χ4v) is 2.80. The van der Waals surface area contributed by atoms with Gasteiger partial charge in [0.15, 0.2) is 0 Å². The maximum atomic E-state index is 12.7. The zero-order valence-corrected chi connectivity index (χ0v) is 14.0. The van der Waals surface area contributed by atoms with Crippen LogP contribution in [0.1, 0.15) is 21.7 Å². The molecule has 6 nitrogen and oxygen atoms in total. The quantitative estimate of drug-likeness (QED) is 0.749. The first-order chi connectivity index (χ1) is 12.4. The van der Waals surface area contributed by atoms with Gasteiger partial charge in [0.1, 0.15) is 11.3 Å². The van der Waals surface area contributed by atoms with Gasteiger partial charge in [0, 0.05) is 23.5 Å². The molecule has 2 heterocycles. The Balaban J connectivity index is 2.16. The van der Waals surface area contributed by atoms with E-state index in [2.05, 4.69) is 14.8 Å². The summed E-state index contributed by atoms with van der Waals surface area (Å²) in [5.74, 6) is -1.08. The molecule has 2 aromatic heterocycles. The SMILES string of the molecule is Cc1nn(-c2ccc(OC(F)F)c(-c3cccnc3)c2)c(C)c1C(=O)O. The second-order valence-electron chi connectivity index (χ2n) is 5.56. The molecule has 3 aromatic rings. The lowest BCUT2D eigenvalue weighted by Gasteiger charge is -2.13. The van der Waals surface area contributed by atoms with E-state index in [0.29, 0.717) is 28.2 Å². The van der Waals surface area contributed by atoms with Crippen LogP contribution >= 0.6 is 0 Å². The number of aromatic carboxylic acids is 1. The summed E-state index contributed by atoms with van der Waals surface area (Å²) >= 11 is 0. The van der Waals surface area contributed by atoms with Gasteiger partial charge < -0.3 is 9.84 Å². The maximum absolute atomic E-state index is 12.7. The number of alkyl halides is 2. The van der Waals surface area contributed by atoms with Crippen LogP contribution in [0.4, 0.5) is 8.78 Å². The molecule has 0 saturated heterocycles. The molecule has 1 N–H and O–H groups in total. The lowest BCUT2D eigenvalue weighted by Crippen LogP contribution is -2.06. The first kappa shape index (κ1) is 17.5. The van der Waals surface area contributed by atoms with Crippen molar-refractivity contribution in [3.63, 3.8) is 0 Å². The predicted molar refractivity (Wildman–Crippen MR) is 89.9 cm³/mol. The standard InChI is InChI=1S/C18H15F2N3O3/c1-10-16(17(24)25)11(2)23(22-10)13-5-6-15(26-18(19)20)14(8-13)12-4-3-7-21-9-12/h3-9,18H,1-2H3,(H,24,25). The predicted octanol–water partition coefficient (Wildman–Crippen LogP) is 3.85. The minimum Gasteiger partial charge on any atom is -0.478 e. The largest absolute Gasteiger partial charge is 0.478 e. The van der Waals surface area contributed by atoms with E-state index in [9.17, 15) is 18.7 Å². The number of benzene rings is 1. The number of carbonyl (C=O) groups is 1. The number of aromatic nitrogens is 3. The number of ether oxygens (including phenoxy) is 1. The van der Waals surface area contributed by atoms with Gasteiger partial charge in [0.25, 0.3) is 0 Å². The maximum Gasteiger partial charge on any atom is 0.387 e. The van der Waals surface area contributed by atoms with E-state index in [4.69, 9.17) is 0 Å².